The van der Waals surface area contributed by atoms with Gasteiger partial charge < -0.3 is 15.2 Å². The summed E-state index contributed by atoms with van der Waals surface area (Å²) in [6, 6.07) is -0.263. The lowest BCUT2D eigenvalue weighted by Crippen LogP contribution is -2.42. The van der Waals surface area contributed by atoms with Crippen LogP contribution in [0.5, 0.6) is 5.75 Å². The summed E-state index contributed by atoms with van der Waals surface area (Å²) >= 11 is 0. The molecule has 0 aliphatic rings. The molecule has 0 aliphatic carbocycles. The SMILES string of the molecule is CCCn1ncc(OC)c1C(N)C(C)(CC)OCC. The van der Waals surface area contributed by atoms with Crippen molar-refractivity contribution in [2.24, 2.45) is 5.73 Å². The monoisotopic (exact) mass is 269 g/mol. The quantitative estimate of drug-likeness (QED) is 0.787. The predicted molar refractivity (Wildman–Crippen MR) is 76.3 cm³/mol. The van der Waals surface area contributed by atoms with E-state index in [-0.39, 0.29) is 6.04 Å². The predicted octanol–water partition coefficient (Wildman–Crippen LogP) is 2.51. The molecule has 0 saturated heterocycles. The Morgan fingerprint density at radius 1 is 1.42 bits per heavy atom. The standard InChI is InChI=1S/C14H27N3O2/c1-6-9-17-12(11(18-5)10-16-17)13(15)14(4,7-2)19-8-3/h10,13H,6-9,15H2,1-5H3. The Hall–Kier alpha value is -1.07. The molecule has 5 nitrogen and oxygen atoms in total. The lowest BCUT2D eigenvalue weighted by molar-refractivity contribution is -0.0494. The molecular weight excluding hydrogens is 242 g/mol. The van der Waals surface area contributed by atoms with Crippen LogP contribution in [0.1, 0.15) is 52.3 Å². The molecule has 0 aliphatic heterocycles. The minimum atomic E-state index is -0.409. The first-order chi connectivity index (χ1) is 9.03. The summed E-state index contributed by atoms with van der Waals surface area (Å²) in [5.74, 6) is 0.736. The minimum absolute atomic E-state index is 0.263. The first kappa shape index (κ1) is 16.0. The van der Waals surface area contributed by atoms with Gasteiger partial charge in [-0.1, -0.05) is 13.8 Å². The van der Waals surface area contributed by atoms with Crippen molar-refractivity contribution in [3.63, 3.8) is 0 Å². The van der Waals surface area contributed by atoms with Gasteiger partial charge in [0.25, 0.3) is 0 Å². The summed E-state index contributed by atoms with van der Waals surface area (Å²) in [5.41, 5.74) is 6.97. The van der Waals surface area contributed by atoms with Crippen LogP contribution in [0.2, 0.25) is 0 Å². The number of aryl methyl sites for hydroxylation is 1. The summed E-state index contributed by atoms with van der Waals surface area (Å²) in [7, 11) is 1.65. The molecule has 5 heteroatoms. The van der Waals surface area contributed by atoms with E-state index < -0.39 is 5.60 Å². The third kappa shape index (κ3) is 3.28. The zero-order valence-electron chi connectivity index (χ0n) is 12.8. The van der Waals surface area contributed by atoms with Crippen molar-refractivity contribution < 1.29 is 9.47 Å². The second kappa shape index (κ2) is 6.91. The molecule has 1 heterocycles. The van der Waals surface area contributed by atoms with Crippen LogP contribution in [0.25, 0.3) is 0 Å². The van der Waals surface area contributed by atoms with Crippen molar-refractivity contribution in [3.05, 3.63) is 11.9 Å². The van der Waals surface area contributed by atoms with Gasteiger partial charge in [0.1, 0.15) is 0 Å². The Bertz CT molecular complexity index is 392. The molecule has 2 N–H and O–H groups in total. The molecule has 0 radical (unpaired) electrons. The summed E-state index contributed by atoms with van der Waals surface area (Å²) in [6.07, 6.45) is 3.57. The van der Waals surface area contributed by atoms with E-state index >= 15 is 0 Å². The molecule has 110 valence electrons. The number of nitrogens with zero attached hydrogens (tertiary/aromatic N) is 2. The molecule has 2 unspecified atom stereocenters. The molecule has 19 heavy (non-hydrogen) atoms. The van der Waals surface area contributed by atoms with Crippen LogP contribution in [0.4, 0.5) is 0 Å². The Morgan fingerprint density at radius 2 is 2.11 bits per heavy atom. The van der Waals surface area contributed by atoms with Crippen LogP contribution >= 0.6 is 0 Å². The fraction of sp³-hybridized carbons (Fsp3) is 0.786. The molecule has 1 aromatic heterocycles. The first-order valence-electron chi connectivity index (χ1n) is 7.03. The second-order valence-corrected chi connectivity index (χ2v) is 4.90. The summed E-state index contributed by atoms with van der Waals surface area (Å²) < 4.78 is 13.2. The third-order valence-electron chi connectivity index (χ3n) is 3.63. The number of rotatable bonds is 8. The number of ether oxygens (including phenoxy) is 2. The van der Waals surface area contributed by atoms with Gasteiger partial charge in [0, 0.05) is 13.2 Å². The van der Waals surface area contributed by atoms with E-state index in [9.17, 15) is 0 Å². The maximum atomic E-state index is 6.46. The van der Waals surface area contributed by atoms with Gasteiger partial charge in [0.2, 0.25) is 0 Å². The van der Waals surface area contributed by atoms with Crippen molar-refractivity contribution in [2.45, 2.75) is 58.7 Å². The molecule has 0 spiro atoms. The number of hydrogen-bond donors (Lipinski definition) is 1. The van der Waals surface area contributed by atoms with Gasteiger partial charge >= 0.3 is 0 Å². The molecule has 0 fully saturated rings. The van der Waals surface area contributed by atoms with Crippen LogP contribution < -0.4 is 10.5 Å². The summed E-state index contributed by atoms with van der Waals surface area (Å²) in [6.45, 7) is 9.71. The van der Waals surface area contributed by atoms with Crippen LogP contribution in [0.3, 0.4) is 0 Å². The van der Waals surface area contributed by atoms with E-state index in [1.165, 1.54) is 0 Å². The van der Waals surface area contributed by atoms with Gasteiger partial charge in [-0.3, -0.25) is 4.68 Å². The van der Waals surface area contributed by atoms with Crippen molar-refractivity contribution >= 4 is 0 Å². The van der Waals surface area contributed by atoms with Gasteiger partial charge in [-0.25, -0.2) is 0 Å². The number of methoxy groups -OCH3 is 1. The maximum absolute atomic E-state index is 6.46. The smallest absolute Gasteiger partial charge is 0.161 e. The topological polar surface area (TPSA) is 62.3 Å². The van der Waals surface area contributed by atoms with Crippen LogP contribution in [-0.2, 0) is 11.3 Å². The highest BCUT2D eigenvalue weighted by Gasteiger charge is 2.36. The molecule has 0 bridgehead atoms. The van der Waals surface area contributed by atoms with Gasteiger partial charge in [-0.05, 0) is 26.7 Å². The molecule has 0 amide bonds. The zero-order valence-corrected chi connectivity index (χ0v) is 12.8. The van der Waals surface area contributed by atoms with Crippen LogP contribution in [0, 0.1) is 0 Å². The maximum Gasteiger partial charge on any atom is 0.161 e. The molecular formula is C14H27N3O2. The fourth-order valence-corrected chi connectivity index (χ4v) is 2.27. The Balaban J connectivity index is 3.14. The highest BCUT2D eigenvalue weighted by molar-refractivity contribution is 5.30. The number of hydrogen-bond acceptors (Lipinski definition) is 4. The van der Waals surface area contributed by atoms with Crippen molar-refractivity contribution in [2.75, 3.05) is 13.7 Å². The number of aromatic nitrogens is 2. The Kier molecular flexibility index (Phi) is 5.82. The molecule has 0 aromatic carbocycles. The Morgan fingerprint density at radius 3 is 2.58 bits per heavy atom. The third-order valence-corrected chi connectivity index (χ3v) is 3.63. The van der Waals surface area contributed by atoms with Gasteiger partial charge in [-0.15, -0.1) is 0 Å². The van der Waals surface area contributed by atoms with Gasteiger partial charge in [0.15, 0.2) is 5.75 Å². The second-order valence-electron chi connectivity index (χ2n) is 4.90. The average Bonchev–Trinajstić information content (AvgIpc) is 2.81. The van der Waals surface area contributed by atoms with E-state index in [2.05, 4.69) is 18.9 Å². The Labute approximate surface area is 116 Å². The van der Waals surface area contributed by atoms with E-state index in [0.29, 0.717) is 6.61 Å². The normalized spacial score (nSPS) is 16.1. The van der Waals surface area contributed by atoms with Crippen molar-refractivity contribution in [3.8, 4) is 5.75 Å². The number of nitrogens with two attached hydrogens (primary N) is 1. The van der Waals surface area contributed by atoms with E-state index in [1.54, 1.807) is 13.3 Å². The molecule has 2 atom stereocenters. The van der Waals surface area contributed by atoms with Crippen LogP contribution in [-0.4, -0.2) is 29.1 Å². The average molecular weight is 269 g/mol. The van der Waals surface area contributed by atoms with E-state index in [1.807, 2.05) is 18.5 Å². The lowest BCUT2D eigenvalue weighted by atomic mass is 9.91. The molecule has 0 saturated carbocycles. The van der Waals surface area contributed by atoms with E-state index in [4.69, 9.17) is 15.2 Å². The van der Waals surface area contributed by atoms with Gasteiger partial charge in [0.05, 0.1) is 30.6 Å². The van der Waals surface area contributed by atoms with Crippen molar-refractivity contribution in [1.82, 2.24) is 9.78 Å². The summed E-state index contributed by atoms with van der Waals surface area (Å²) in [4.78, 5) is 0. The minimum Gasteiger partial charge on any atom is -0.493 e. The van der Waals surface area contributed by atoms with E-state index in [0.717, 1.165) is 30.8 Å². The van der Waals surface area contributed by atoms with Crippen molar-refractivity contribution in [1.29, 1.82) is 0 Å². The van der Waals surface area contributed by atoms with Crippen LogP contribution in [0.15, 0.2) is 6.20 Å². The highest BCUT2D eigenvalue weighted by atomic mass is 16.5. The zero-order chi connectivity index (χ0) is 14.5. The molecule has 1 rings (SSSR count). The fourth-order valence-electron chi connectivity index (χ4n) is 2.27. The van der Waals surface area contributed by atoms with Gasteiger partial charge in [-0.2, -0.15) is 5.10 Å². The lowest BCUT2D eigenvalue weighted by Gasteiger charge is -2.34. The molecule has 1 aromatic rings. The highest BCUT2D eigenvalue weighted by Crippen LogP contribution is 2.35. The summed E-state index contributed by atoms with van der Waals surface area (Å²) in [5, 5.41) is 4.36. The first-order valence-corrected chi connectivity index (χ1v) is 7.03. The largest absolute Gasteiger partial charge is 0.493 e.